The van der Waals surface area contributed by atoms with Crippen molar-refractivity contribution in [3.63, 3.8) is 0 Å². The van der Waals surface area contributed by atoms with Gasteiger partial charge in [0.2, 0.25) is 0 Å². The van der Waals surface area contributed by atoms with Crippen LogP contribution in [0.3, 0.4) is 0 Å². The van der Waals surface area contributed by atoms with E-state index in [4.69, 9.17) is 4.74 Å². The lowest BCUT2D eigenvalue weighted by Crippen LogP contribution is -2.23. The Bertz CT molecular complexity index is 481. The van der Waals surface area contributed by atoms with Crippen molar-refractivity contribution >= 4 is 16.4 Å². The fourth-order valence-corrected chi connectivity index (χ4v) is 4.05. The van der Waals surface area contributed by atoms with E-state index < -0.39 is 10.8 Å². The normalized spacial score (nSPS) is 25.7. The minimum absolute atomic E-state index is 0.193. The van der Waals surface area contributed by atoms with E-state index in [1.165, 1.54) is 18.4 Å². The van der Waals surface area contributed by atoms with Gasteiger partial charge < -0.3 is 4.74 Å². The first-order valence-electron chi connectivity index (χ1n) is 7.89. The van der Waals surface area contributed by atoms with E-state index in [-0.39, 0.29) is 6.10 Å². The van der Waals surface area contributed by atoms with Gasteiger partial charge in [0, 0.05) is 22.3 Å². The molecule has 0 amide bonds. The van der Waals surface area contributed by atoms with Crippen LogP contribution in [0.5, 0.6) is 0 Å². The van der Waals surface area contributed by atoms with Crippen LogP contribution in [0.15, 0.2) is 36.6 Å². The first-order valence-corrected chi connectivity index (χ1v) is 9.38. The molecule has 1 fully saturated rings. The number of hydrogen-bond acceptors (Lipinski definition) is 2. The molecule has 1 aliphatic heterocycles. The molecule has 0 aromatic heterocycles. The number of rotatable bonds is 4. The van der Waals surface area contributed by atoms with Gasteiger partial charge >= 0.3 is 0 Å². The van der Waals surface area contributed by atoms with Crippen LogP contribution >= 0.6 is 0 Å². The summed E-state index contributed by atoms with van der Waals surface area (Å²) in [4.78, 5) is 0. The molecule has 0 radical (unpaired) electrons. The highest BCUT2D eigenvalue weighted by Gasteiger charge is 2.20. The van der Waals surface area contributed by atoms with E-state index in [9.17, 15) is 4.21 Å². The first kappa shape index (κ1) is 16.3. The predicted molar refractivity (Wildman–Crippen MR) is 90.5 cm³/mol. The summed E-state index contributed by atoms with van der Waals surface area (Å²) in [5.74, 6) is 2.24. The smallest absolute Gasteiger partial charge is 0.0978 e. The van der Waals surface area contributed by atoms with Gasteiger partial charge in [-0.2, -0.15) is 0 Å². The maximum Gasteiger partial charge on any atom is 0.0978 e. The Morgan fingerprint density at radius 2 is 2.00 bits per heavy atom. The average Bonchev–Trinajstić information content (AvgIpc) is 2.49. The summed E-state index contributed by atoms with van der Waals surface area (Å²) in [5.41, 5.74) is 2.35. The van der Waals surface area contributed by atoms with Gasteiger partial charge in [0.15, 0.2) is 0 Å². The summed E-state index contributed by atoms with van der Waals surface area (Å²) in [7, 11) is -0.619. The zero-order valence-corrected chi connectivity index (χ0v) is 13.9. The molecule has 1 aromatic carbocycles. The molecule has 1 saturated heterocycles. The highest BCUT2D eigenvalue weighted by Crippen LogP contribution is 2.24. The third kappa shape index (κ3) is 5.31. The number of ether oxygens (including phenoxy) is 1. The van der Waals surface area contributed by atoms with Gasteiger partial charge in [0.1, 0.15) is 0 Å². The van der Waals surface area contributed by atoms with E-state index in [0.29, 0.717) is 5.92 Å². The topological polar surface area (TPSA) is 26.3 Å². The van der Waals surface area contributed by atoms with Crippen LogP contribution in [0.4, 0.5) is 0 Å². The van der Waals surface area contributed by atoms with Crippen molar-refractivity contribution in [3.05, 3.63) is 42.2 Å². The fourth-order valence-electron chi connectivity index (χ4n) is 2.76. The molecule has 3 unspecified atom stereocenters. The molecule has 1 aliphatic rings. The summed E-state index contributed by atoms with van der Waals surface area (Å²) in [6.45, 7) is 4.22. The lowest BCUT2D eigenvalue weighted by atomic mass is 9.94. The molecule has 0 bridgehead atoms. The molecule has 1 aromatic rings. The van der Waals surface area contributed by atoms with Gasteiger partial charge in [0.25, 0.3) is 0 Å². The lowest BCUT2D eigenvalue weighted by Gasteiger charge is -2.25. The van der Waals surface area contributed by atoms with Gasteiger partial charge in [-0.05, 0) is 50.2 Å². The van der Waals surface area contributed by atoms with E-state index in [0.717, 1.165) is 29.9 Å². The highest BCUT2D eigenvalue weighted by molar-refractivity contribution is 7.84. The van der Waals surface area contributed by atoms with E-state index >= 15 is 0 Å². The van der Waals surface area contributed by atoms with Crippen molar-refractivity contribution < 1.29 is 8.95 Å². The average molecular weight is 306 g/mol. The highest BCUT2D eigenvalue weighted by atomic mass is 32.2. The fraction of sp³-hybridized carbons (Fsp3) is 0.556. The Morgan fingerprint density at radius 3 is 2.76 bits per heavy atom. The SMILES string of the molecule is C/C(=C/OC(C)C1CCCCS(=O)CC1)c1ccccc1. The molecule has 116 valence electrons. The first-order chi connectivity index (χ1) is 10.2. The van der Waals surface area contributed by atoms with Gasteiger partial charge in [-0.1, -0.05) is 36.8 Å². The Labute approximate surface area is 131 Å². The van der Waals surface area contributed by atoms with Crippen molar-refractivity contribution in [1.29, 1.82) is 0 Å². The molecule has 0 saturated carbocycles. The van der Waals surface area contributed by atoms with Gasteiger partial charge in [-0.25, -0.2) is 0 Å². The number of hydrogen-bond donors (Lipinski definition) is 0. The summed E-state index contributed by atoms with van der Waals surface area (Å²) < 4.78 is 17.7. The molecule has 2 rings (SSSR count). The minimum Gasteiger partial charge on any atom is -0.498 e. The standard InChI is InChI=1S/C18H26O2S/c1-15(17-8-4-3-5-9-17)14-20-16(2)18-10-6-7-12-21(19)13-11-18/h3-5,8-9,14,16,18H,6-7,10-13H2,1-2H3/b15-14-. The third-order valence-corrected chi connectivity index (χ3v) is 5.70. The van der Waals surface area contributed by atoms with Gasteiger partial charge in [-0.15, -0.1) is 0 Å². The third-order valence-electron chi connectivity index (χ3n) is 4.27. The molecular formula is C18H26O2S. The zero-order valence-electron chi connectivity index (χ0n) is 13.1. The monoisotopic (exact) mass is 306 g/mol. The Kier molecular flexibility index (Phi) is 6.50. The Hall–Kier alpha value is -1.09. The Morgan fingerprint density at radius 1 is 1.24 bits per heavy atom. The summed E-state index contributed by atoms with van der Waals surface area (Å²) in [6, 6.07) is 10.3. The minimum atomic E-state index is -0.619. The van der Waals surface area contributed by atoms with Crippen LogP contribution in [-0.2, 0) is 15.5 Å². The molecule has 0 spiro atoms. The molecule has 3 atom stereocenters. The van der Waals surface area contributed by atoms with Crippen LogP contribution < -0.4 is 0 Å². The summed E-state index contributed by atoms with van der Waals surface area (Å²) >= 11 is 0. The van der Waals surface area contributed by atoms with Crippen molar-refractivity contribution in [3.8, 4) is 0 Å². The van der Waals surface area contributed by atoms with Crippen LogP contribution in [-0.4, -0.2) is 21.8 Å². The van der Waals surface area contributed by atoms with Crippen molar-refractivity contribution in [2.45, 2.75) is 45.6 Å². The molecule has 3 heteroatoms. The van der Waals surface area contributed by atoms with Crippen LogP contribution in [0, 0.1) is 5.92 Å². The summed E-state index contributed by atoms with van der Waals surface area (Å²) in [6.07, 6.45) is 6.55. The number of allylic oxidation sites excluding steroid dienone is 1. The summed E-state index contributed by atoms with van der Waals surface area (Å²) in [5, 5.41) is 0. The second-order valence-corrected chi connectivity index (χ2v) is 7.60. The molecular weight excluding hydrogens is 280 g/mol. The van der Waals surface area contributed by atoms with Crippen molar-refractivity contribution in [1.82, 2.24) is 0 Å². The van der Waals surface area contributed by atoms with Crippen molar-refractivity contribution in [2.75, 3.05) is 11.5 Å². The van der Waals surface area contributed by atoms with Gasteiger partial charge in [-0.3, -0.25) is 4.21 Å². The lowest BCUT2D eigenvalue weighted by molar-refractivity contribution is 0.0946. The zero-order chi connectivity index (χ0) is 15.1. The maximum absolute atomic E-state index is 11.7. The molecule has 1 heterocycles. The molecule has 2 nitrogen and oxygen atoms in total. The van der Waals surface area contributed by atoms with Crippen LogP contribution in [0.25, 0.3) is 5.57 Å². The number of benzene rings is 1. The Balaban J connectivity index is 1.90. The van der Waals surface area contributed by atoms with Crippen molar-refractivity contribution in [2.24, 2.45) is 5.92 Å². The molecule has 0 aliphatic carbocycles. The van der Waals surface area contributed by atoms with E-state index in [1.54, 1.807) is 0 Å². The van der Waals surface area contributed by atoms with Crippen LogP contribution in [0.2, 0.25) is 0 Å². The van der Waals surface area contributed by atoms with Gasteiger partial charge in [0.05, 0.1) is 12.4 Å². The predicted octanol–water partition coefficient (Wildman–Crippen LogP) is 4.39. The van der Waals surface area contributed by atoms with Crippen LogP contribution in [0.1, 0.15) is 45.1 Å². The maximum atomic E-state index is 11.7. The molecule has 0 N–H and O–H groups in total. The second kappa shape index (κ2) is 8.38. The second-order valence-electron chi connectivity index (χ2n) is 5.90. The largest absolute Gasteiger partial charge is 0.498 e. The molecule has 21 heavy (non-hydrogen) atoms. The quantitative estimate of drug-likeness (QED) is 0.771. The van der Waals surface area contributed by atoms with E-state index in [2.05, 4.69) is 26.0 Å². The van der Waals surface area contributed by atoms with E-state index in [1.807, 2.05) is 24.5 Å².